The number of nitrogens with zero attached hydrogens (tertiary/aromatic N) is 3. The van der Waals surface area contributed by atoms with Gasteiger partial charge in [-0.25, -0.2) is 14.8 Å². The summed E-state index contributed by atoms with van der Waals surface area (Å²) in [6, 6.07) is 5.46. The topological polar surface area (TPSA) is 86.2 Å². The van der Waals surface area contributed by atoms with Crippen LogP contribution in [0.2, 0.25) is 0 Å². The Bertz CT molecular complexity index is 853. The number of ether oxygens (including phenoxy) is 2. The summed E-state index contributed by atoms with van der Waals surface area (Å²) in [5.41, 5.74) is 1.91. The number of fused-ring (bicyclic) bond motifs is 1. The second kappa shape index (κ2) is 8.00. The summed E-state index contributed by atoms with van der Waals surface area (Å²) < 4.78 is 11.1. The van der Waals surface area contributed by atoms with E-state index in [1.807, 2.05) is 23.6 Å². The Morgan fingerprint density at radius 2 is 2.24 bits per heavy atom. The molecule has 0 aliphatic heterocycles. The second-order valence-corrected chi connectivity index (χ2v) is 6.11. The van der Waals surface area contributed by atoms with Crippen LogP contribution in [0.4, 0.5) is 5.95 Å². The first-order chi connectivity index (χ1) is 12.2. The summed E-state index contributed by atoms with van der Waals surface area (Å²) in [6.07, 6.45) is 3.46. The van der Waals surface area contributed by atoms with Crippen molar-refractivity contribution in [3.8, 4) is 0 Å². The lowest BCUT2D eigenvalue weighted by atomic mass is 10.1. The number of hydrogen-bond donors (Lipinski definition) is 1. The zero-order valence-corrected chi connectivity index (χ0v) is 14.7. The van der Waals surface area contributed by atoms with Crippen molar-refractivity contribution in [2.45, 2.75) is 13.0 Å². The summed E-state index contributed by atoms with van der Waals surface area (Å²) in [5, 5.41) is 5.10. The van der Waals surface area contributed by atoms with Gasteiger partial charge < -0.3 is 14.8 Å². The van der Waals surface area contributed by atoms with Crippen LogP contribution in [0.5, 0.6) is 0 Å². The molecule has 7 nitrogen and oxygen atoms in total. The molecule has 3 heterocycles. The number of carbonyl (C=O) groups excluding carboxylic acids is 1. The fourth-order valence-corrected chi connectivity index (χ4v) is 3.20. The largest absolute Gasteiger partial charge is 0.461 e. The molecule has 8 heteroatoms. The summed E-state index contributed by atoms with van der Waals surface area (Å²) >= 11 is 1.41. The van der Waals surface area contributed by atoms with Gasteiger partial charge in [-0.15, -0.1) is 11.3 Å². The fourth-order valence-electron chi connectivity index (χ4n) is 2.39. The van der Waals surface area contributed by atoms with E-state index in [9.17, 15) is 4.79 Å². The minimum Gasteiger partial charge on any atom is -0.461 e. The van der Waals surface area contributed by atoms with Gasteiger partial charge in [-0.3, -0.25) is 4.98 Å². The Labute approximate surface area is 149 Å². The third-order valence-corrected chi connectivity index (χ3v) is 4.41. The molecule has 25 heavy (non-hydrogen) atoms. The van der Waals surface area contributed by atoms with Crippen molar-refractivity contribution in [1.29, 1.82) is 0 Å². The lowest BCUT2D eigenvalue weighted by Crippen LogP contribution is -2.19. The Morgan fingerprint density at radius 1 is 1.36 bits per heavy atom. The predicted molar refractivity (Wildman–Crippen MR) is 95.8 cm³/mol. The van der Waals surface area contributed by atoms with E-state index in [1.165, 1.54) is 11.3 Å². The van der Waals surface area contributed by atoms with Crippen LogP contribution in [0.1, 0.15) is 29.0 Å². The molecule has 1 atom stereocenters. The number of methoxy groups -OCH3 is 1. The van der Waals surface area contributed by atoms with Crippen molar-refractivity contribution in [2.24, 2.45) is 0 Å². The SMILES string of the molecule is CCOC(=O)c1nc(N[C@@H](COC)c2cccnc2)nc2ccsc12. The molecule has 0 bridgehead atoms. The number of aromatic nitrogens is 3. The van der Waals surface area contributed by atoms with Crippen LogP contribution in [0, 0.1) is 0 Å². The quantitative estimate of drug-likeness (QED) is 0.650. The second-order valence-electron chi connectivity index (χ2n) is 5.19. The third-order valence-electron chi connectivity index (χ3n) is 3.50. The molecule has 0 aromatic carbocycles. The number of esters is 1. The molecule has 3 aromatic heterocycles. The van der Waals surface area contributed by atoms with E-state index < -0.39 is 5.97 Å². The van der Waals surface area contributed by atoms with Crippen LogP contribution in [0.15, 0.2) is 36.0 Å². The Balaban J connectivity index is 1.95. The number of thiophene rings is 1. The summed E-state index contributed by atoms with van der Waals surface area (Å²) in [7, 11) is 1.62. The van der Waals surface area contributed by atoms with E-state index in [4.69, 9.17) is 9.47 Å². The highest BCUT2D eigenvalue weighted by atomic mass is 32.1. The van der Waals surface area contributed by atoms with Crippen molar-refractivity contribution in [1.82, 2.24) is 15.0 Å². The normalized spacial score (nSPS) is 12.1. The summed E-state index contributed by atoms with van der Waals surface area (Å²) in [4.78, 5) is 25.2. The van der Waals surface area contributed by atoms with Crippen molar-refractivity contribution in [2.75, 3.05) is 25.6 Å². The summed E-state index contributed by atoms with van der Waals surface area (Å²) in [5.74, 6) is -0.107. The smallest absolute Gasteiger partial charge is 0.358 e. The molecule has 1 N–H and O–H groups in total. The number of carbonyl (C=O) groups is 1. The van der Waals surface area contributed by atoms with Crippen LogP contribution in [-0.2, 0) is 9.47 Å². The van der Waals surface area contributed by atoms with Gasteiger partial charge in [0, 0.05) is 19.5 Å². The number of nitrogens with one attached hydrogen (secondary N) is 1. The van der Waals surface area contributed by atoms with Crippen LogP contribution in [-0.4, -0.2) is 41.2 Å². The molecule has 3 rings (SSSR count). The van der Waals surface area contributed by atoms with Gasteiger partial charge in [-0.1, -0.05) is 6.07 Å². The summed E-state index contributed by atoms with van der Waals surface area (Å²) in [6.45, 7) is 2.47. The lowest BCUT2D eigenvalue weighted by molar-refractivity contribution is 0.0522. The molecule has 0 saturated heterocycles. The number of pyridine rings is 1. The average Bonchev–Trinajstić information content (AvgIpc) is 3.10. The molecule has 0 aliphatic rings. The Morgan fingerprint density at radius 3 is 2.96 bits per heavy atom. The number of hydrogen-bond acceptors (Lipinski definition) is 8. The molecule has 0 saturated carbocycles. The van der Waals surface area contributed by atoms with Gasteiger partial charge >= 0.3 is 5.97 Å². The minimum atomic E-state index is -0.454. The molecule has 0 radical (unpaired) electrons. The first-order valence-corrected chi connectivity index (χ1v) is 8.68. The van der Waals surface area contributed by atoms with Gasteiger partial charge in [0.1, 0.15) is 0 Å². The first kappa shape index (κ1) is 17.2. The van der Waals surface area contributed by atoms with Gasteiger partial charge in [0.05, 0.1) is 29.5 Å². The van der Waals surface area contributed by atoms with Crippen molar-refractivity contribution in [3.63, 3.8) is 0 Å². The highest BCUT2D eigenvalue weighted by Gasteiger charge is 2.19. The Kier molecular flexibility index (Phi) is 5.52. The molecule has 0 unspecified atom stereocenters. The Hall–Kier alpha value is -2.58. The van der Waals surface area contributed by atoms with Gasteiger partial charge in [-0.05, 0) is 30.0 Å². The van der Waals surface area contributed by atoms with Gasteiger partial charge in [0.2, 0.25) is 5.95 Å². The molecule has 0 aliphatic carbocycles. The maximum atomic E-state index is 12.2. The third kappa shape index (κ3) is 3.92. The molecule has 130 valence electrons. The molecule has 0 spiro atoms. The van der Waals surface area contributed by atoms with E-state index in [-0.39, 0.29) is 11.7 Å². The minimum absolute atomic E-state index is 0.190. The van der Waals surface area contributed by atoms with E-state index in [0.29, 0.717) is 29.4 Å². The molecule has 3 aromatic rings. The van der Waals surface area contributed by atoms with Crippen LogP contribution >= 0.6 is 11.3 Å². The van der Waals surface area contributed by atoms with Gasteiger partial charge in [0.15, 0.2) is 5.69 Å². The lowest BCUT2D eigenvalue weighted by Gasteiger charge is -2.18. The zero-order valence-electron chi connectivity index (χ0n) is 13.9. The maximum Gasteiger partial charge on any atom is 0.358 e. The van der Waals surface area contributed by atoms with E-state index in [0.717, 1.165) is 5.56 Å². The molecular weight excluding hydrogens is 340 g/mol. The van der Waals surface area contributed by atoms with E-state index >= 15 is 0 Å². The first-order valence-electron chi connectivity index (χ1n) is 7.80. The van der Waals surface area contributed by atoms with Gasteiger partial charge in [0.25, 0.3) is 0 Å². The van der Waals surface area contributed by atoms with Gasteiger partial charge in [-0.2, -0.15) is 0 Å². The molecule has 0 fully saturated rings. The van der Waals surface area contributed by atoms with Crippen LogP contribution < -0.4 is 5.32 Å². The van der Waals surface area contributed by atoms with E-state index in [2.05, 4.69) is 20.3 Å². The van der Waals surface area contributed by atoms with Crippen molar-refractivity contribution in [3.05, 3.63) is 47.2 Å². The highest BCUT2D eigenvalue weighted by Crippen LogP contribution is 2.26. The zero-order chi connectivity index (χ0) is 17.6. The molecular formula is C17H18N4O3S. The average molecular weight is 358 g/mol. The highest BCUT2D eigenvalue weighted by molar-refractivity contribution is 7.17. The van der Waals surface area contributed by atoms with Crippen molar-refractivity contribution < 1.29 is 14.3 Å². The predicted octanol–water partition coefficient (Wildman–Crippen LogP) is 3.06. The van der Waals surface area contributed by atoms with Crippen LogP contribution in [0.3, 0.4) is 0 Å². The maximum absolute atomic E-state index is 12.2. The number of rotatable bonds is 7. The van der Waals surface area contributed by atoms with Crippen LogP contribution in [0.25, 0.3) is 10.2 Å². The van der Waals surface area contributed by atoms with E-state index in [1.54, 1.807) is 26.4 Å². The van der Waals surface area contributed by atoms with Crippen molar-refractivity contribution >= 4 is 33.5 Å². The fraction of sp³-hybridized carbons (Fsp3) is 0.294. The molecule has 0 amide bonds. The number of anilines is 1. The standard InChI is InChI=1S/C17H18N4O3S/c1-3-24-16(22)14-15-12(6-8-25-15)19-17(21-14)20-13(10-23-2)11-5-4-7-18-9-11/h4-9,13H,3,10H2,1-2H3,(H,19,20,21)/t13-/m0/s1. The monoisotopic (exact) mass is 358 g/mol.